The summed E-state index contributed by atoms with van der Waals surface area (Å²) in [5.41, 5.74) is 3.80. The van der Waals surface area contributed by atoms with Gasteiger partial charge < -0.3 is 19.3 Å². The van der Waals surface area contributed by atoms with Crippen molar-refractivity contribution in [1.29, 1.82) is 0 Å². The van der Waals surface area contributed by atoms with Gasteiger partial charge in [0.05, 0.1) is 26.3 Å². The summed E-state index contributed by atoms with van der Waals surface area (Å²) < 4.78 is 11.2. The number of methoxy groups -OCH3 is 2. The van der Waals surface area contributed by atoms with Crippen LogP contribution >= 0.6 is 0 Å². The number of hydrogen-bond donors (Lipinski definition) is 0. The first-order valence-corrected chi connectivity index (χ1v) is 9.66. The number of aliphatic imine (C=N–C) groups is 1. The Bertz CT molecular complexity index is 896. The van der Waals surface area contributed by atoms with E-state index in [1.54, 1.807) is 14.2 Å². The fourth-order valence-corrected chi connectivity index (χ4v) is 5.03. The summed E-state index contributed by atoms with van der Waals surface area (Å²) in [6.07, 6.45) is 2.02. The molecule has 0 bridgehead atoms. The second-order valence-electron chi connectivity index (χ2n) is 7.41. The first kappa shape index (κ1) is 16.5. The molecule has 1 unspecified atom stereocenters. The van der Waals surface area contributed by atoms with Crippen LogP contribution in [0.15, 0.2) is 47.5 Å². The summed E-state index contributed by atoms with van der Waals surface area (Å²) in [5.74, 6) is 2.76. The molecule has 0 saturated carbocycles. The van der Waals surface area contributed by atoms with Gasteiger partial charge in [0.15, 0.2) is 17.5 Å². The fourth-order valence-electron chi connectivity index (χ4n) is 5.03. The quantitative estimate of drug-likeness (QED) is 0.840. The minimum Gasteiger partial charge on any atom is -0.493 e. The Morgan fingerprint density at radius 1 is 0.963 bits per heavy atom. The van der Waals surface area contributed by atoms with E-state index in [4.69, 9.17) is 14.5 Å². The summed E-state index contributed by atoms with van der Waals surface area (Å²) in [4.78, 5) is 9.85. The number of nitrogens with zero attached hydrogens (tertiary/aromatic N) is 3. The molecule has 0 spiro atoms. The van der Waals surface area contributed by atoms with Gasteiger partial charge in [0.2, 0.25) is 0 Å². The molecule has 2 aromatic carbocycles. The SMILES string of the molecule is COc1cc2c(cc1OC)C1(c3ccccc3)CCN3CCN=C3N1CC2. The Morgan fingerprint density at radius 2 is 1.74 bits per heavy atom. The molecule has 3 aliphatic rings. The molecule has 5 rings (SSSR count). The highest BCUT2D eigenvalue weighted by atomic mass is 16.5. The van der Waals surface area contributed by atoms with Crippen molar-refractivity contribution in [3.8, 4) is 11.5 Å². The lowest BCUT2D eigenvalue weighted by molar-refractivity contribution is 0.122. The van der Waals surface area contributed by atoms with Crippen LogP contribution in [-0.2, 0) is 12.0 Å². The lowest BCUT2D eigenvalue weighted by Gasteiger charge is -2.54. The van der Waals surface area contributed by atoms with Crippen molar-refractivity contribution >= 4 is 5.96 Å². The van der Waals surface area contributed by atoms with Crippen LogP contribution < -0.4 is 9.47 Å². The number of guanidine groups is 1. The minimum atomic E-state index is -0.200. The van der Waals surface area contributed by atoms with E-state index < -0.39 is 0 Å². The number of hydrogen-bond acceptors (Lipinski definition) is 5. The maximum Gasteiger partial charge on any atom is 0.197 e. The molecule has 0 aliphatic carbocycles. The van der Waals surface area contributed by atoms with E-state index in [9.17, 15) is 0 Å². The van der Waals surface area contributed by atoms with Gasteiger partial charge in [0.25, 0.3) is 0 Å². The molecule has 140 valence electrons. The van der Waals surface area contributed by atoms with Crippen LogP contribution in [0.4, 0.5) is 0 Å². The van der Waals surface area contributed by atoms with Gasteiger partial charge in [0.1, 0.15) is 0 Å². The van der Waals surface area contributed by atoms with E-state index in [0.717, 1.165) is 56.5 Å². The van der Waals surface area contributed by atoms with Gasteiger partial charge in [-0.3, -0.25) is 4.99 Å². The number of rotatable bonds is 3. The first-order valence-electron chi connectivity index (χ1n) is 9.66. The largest absolute Gasteiger partial charge is 0.493 e. The molecule has 1 fully saturated rings. The van der Waals surface area contributed by atoms with Crippen LogP contribution in [0.3, 0.4) is 0 Å². The molecule has 1 saturated heterocycles. The Labute approximate surface area is 160 Å². The smallest absolute Gasteiger partial charge is 0.197 e. The second kappa shape index (κ2) is 6.19. The van der Waals surface area contributed by atoms with Crippen LogP contribution in [0.2, 0.25) is 0 Å². The van der Waals surface area contributed by atoms with Crippen molar-refractivity contribution in [3.63, 3.8) is 0 Å². The summed E-state index contributed by atoms with van der Waals surface area (Å²) in [7, 11) is 3.42. The van der Waals surface area contributed by atoms with E-state index in [1.807, 2.05) is 0 Å². The van der Waals surface area contributed by atoms with Gasteiger partial charge in [-0.25, -0.2) is 0 Å². The standard InChI is InChI=1S/C22H25N3O2/c1-26-19-14-16-8-11-25-21-23-10-13-24(21)12-9-22(25,17-6-4-3-5-7-17)18(16)15-20(19)27-2/h3-7,14-15H,8-13H2,1-2H3. The molecule has 27 heavy (non-hydrogen) atoms. The maximum atomic E-state index is 5.67. The number of benzene rings is 2. The highest BCUT2D eigenvalue weighted by Gasteiger charge is 2.50. The molecule has 0 N–H and O–H groups in total. The summed E-state index contributed by atoms with van der Waals surface area (Å²) in [6, 6.07) is 15.2. The zero-order valence-electron chi connectivity index (χ0n) is 15.9. The lowest BCUT2D eigenvalue weighted by atomic mass is 9.72. The zero-order valence-corrected chi connectivity index (χ0v) is 15.9. The number of fused-ring (bicyclic) bond motifs is 5. The Kier molecular flexibility index (Phi) is 3.78. The molecule has 5 heteroatoms. The van der Waals surface area contributed by atoms with Crippen molar-refractivity contribution in [2.75, 3.05) is 40.4 Å². The molecular formula is C22H25N3O2. The fraction of sp³-hybridized carbons (Fsp3) is 0.409. The van der Waals surface area contributed by atoms with Crippen molar-refractivity contribution in [2.45, 2.75) is 18.4 Å². The third-order valence-electron chi connectivity index (χ3n) is 6.26. The second-order valence-corrected chi connectivity index (χ2v) is 7.41. The summed E-state index contributed by atoms with van der Waals surface area (Å²) in [5, 5.41) is 0. The molecule has 0 aromatic heterocycles. The third kappa shape index (κ3) is 2.27. The van der Waals surface area contributed by atoms with Gasteiger partial charge in [-0.1, -0.05) is 30.3 Å². The molecule has 3 aliphatic heterocycles. The molecule has 0 radical (unpaired) electrons. The van der Waals surface area contributed by atoms with Crippen molar-refractivity contribution in [1.82, 2.24) is 9.80 Å². The van der Waals surface area contributed by atoms with E-state index in [1.165, 1.54) is 16.7 Å². The zero-order chi connectivity index (χ0) is 18.4. The van der Waals surface area contributed by atoms with E-state index in [2.05, 4.69) is 52.3 Å². The average molecular weight is 363 g/mol. The summed E-state index contributed by atoms with van der Waals surface area (Å²) >= 11 is 0. The van der Waals surface area contributed by atoms with E-state index >= 15 is 0 Å². The summed E-state index contributed by atoms with van der Waals surface area (Å²) in [6.45, 7) is 3.93. The van der Waals surface area contributed by atoms with Gasteiger partial charge in [-0.05, 0) is 41.7 Å². The normalized spacial score (nSPS) is 23.3. The topological polar surface area (TPSA) is 37.3 Å². The molecule has 1 atom stereocenters. The van der Waals surface area contributed by atoms with Gasteiger partial charge in [0, 0.05) is 19.6 Å². The lowest BCUT2D eigenvalue weighted by Crippen LogP contribution is -2.62. The van der Waals surface area contributed by atoms with Gasteiger partial charge in [-0.2, -0.15) is 0 Å². The van der Waals surface area contributed by atoms with Crippen molar-refractivity contribution in [2.24, 2.45) is 4.99 Å². The predicted octanol–water partition coefficient (Wildman–Crippen LogP) is 2.88. The number of ether oxygens (including phenoxy) is 2. The maximum absolute atomic E-state index is 5.67. The Morgan fingerprint density at radius 3 is 2.52 bits per heavy atom. The van der Waals surface area contributed by atoms with Crippen LogP contribution in [0.5, 0.6) is 11.5 Å². The monoisotopic (exact) mass is 363 g/mol. The highest BCUT2D eigenvalue weighted by Crippen LogP contribution is 2.49. The minimum absolute atomic E-state index is 0.200. The highest BCUT2D eigenvalue weighted by molar-refractivity contribution is 5.85. The first-order chi connectivity index (χ1) is 13.3. The van der Waals surface area contributed by atoms with Crippen molar-refractivity contribution < 1.29 is 9.47 Å². The third-order valence-corrected chi connectivity index (χ3v) is 6.26. The van der Waals surface area contributed by atoms with Gasteiger partial charge in [-0.15, -0.1) is 0 Å². The van der Waals surface area contributed by atoms with E-state index in [0.29, 0.717) is 0 Å². The van der Waals surface area contributed by atoms with Crippen molar-refractivity contribution in [3.05, 3.63) is 59.2 Å². The molecular weight excluding hydrogens is 338 g/mol. The molecule has 5 nitrogen and oxygen atoms in total. The van der Waals surface area contributed by atoms with E-state index in [-0.39, 0.29) is 5.54 Å². The van der Waals surface area contributed by atoms with Crippen LogP contribution in [0, 0.1) is 0 Å². The van der Waals surface area contributed by atoms with Gasteiger partial charge >= 0.3 is 0 Å². The molecule has 0 amide bonds. The Balaban J connectivity index is 1.76. The average Bonchev–Trinajstić information content (AvgIpc) is 3.21. The Hall–Kier alpha value is -2.69. The van der Waals surface area contributed by atoms with Crippen LogP contribution in [0.1, 0.15) is 23.1 Å². The van der Waals surface area contributed by atoms with Crippen LogP contribution in [0.25, 0.3) is 0 Å². The molecule has 3 heterocycles. The predicted molar refractivity (Wildman–Crippen MR) is 106 cm³/mol. The van der Waals surface area contributed by atoms with Crippen LogP contribution in [-0.4, -0.2) is 56.2 Å². The molecule has 2 aromatic rings.